The van der Waals surface area contributed by atoms with Gasteiger partial charge in [-0.15, -0.1) is 0 Å². The van der Waals surface area contributed by atoms with E-state index < -0.39 is 11.5 Å². The fourth-order valence-corrected chi connectivity index (χ4v) is 2.41. The molecular weight excluding hydrogens is 316 g/mol. The summed E-state index contributed by atoms with van der Waals surface area (Å²) >= 11 is 0. The van der Waals surface area contributed by atoms with Crippen molar-refractivity contribution in [1.82, 2.24) is 14.8 Å². The van der Waals surface area contributed by atoms with Crippen LogP contribution in [0.1, 0.15) is 11.1 Å². The van der Waals surface area contributed by atoms with Gasteiger partial charge in [0.2, 0.25) is 0 Å². The number of hydrogen-bond acceptors (Lipinski definition) is 5. The summed E-state index contributed by atoms with van der Waals surface area (Å²) in [7, 11) is 0. The molecule has 0 amide bonds. The third-order valence-corrected chi connectivity index (χ3v) is 3.55. The van der Waals surface area contributed by atoms with Crippen LogP contribution in [0.25, 0.3) is 17.3 Å². The molecule has 122 valence electrons. The maximum absolute atomic E-state index is 11.0. The highest BCUT2D eigenvalue weighted by Crippen LogP contribution is 2.23. The number of carbonyl (C=O) groups is 1. The third-order valence-electron chi connectivity index (χ3n) is 3.55. The summed E-state index contributed by atoms with van der Waals surface area (Å²) in [6, 6.07) is 15.0. The smallest absolute Gasteiger partial charge is 0.101 e. The van der Waals surface area contributed by atoms with E-state index in [9.17, 15) is 9.90 Å². The molecule has 0 atom stereocenters. The second-order valence-corrected chi connectivity index (χ2v) is 5.32. The van der Waals surface area contributed by atoms with E-state index in [1.54, 1.807) is 35.4 Å². The Balaban J connectivity index is 2.06. The minimum absolute atomic E-state index is 0.454. The zero-order valence-electron chi connectivity index (χ0n) is 13.2. The monoisotopic (exact) mass is 329 g/mol. The molecule has 0 aliphatic carbocycles. The number of aromatic nitrogens is 3. The molecule has 0 N–H and O–H groups in total. The molecule has 0 radical (unpaired) electrons. The van der Waals surface area contributed by atoms with E-state index in [2.05, 4.69) is 10.1 Å². The number of pyridine rings is 1. The van der Waals surface area contributed by atoms with Crippen molar-refractivity contribution in [2.75, 3.05) is 0 Å². The summed E-state index contributed by atoms with van der Waals surface area (Å²) in [5, 5.41) is 24.6. The normalized spacial score (nSPS) is 11.1. The maximum Gasteiger partial charge on any atom is 0.101 e. The van der Waals surface area contributed by atoms with Crippen molar-refractivity contribution in [2.24, 2.45) is 0 Å². The third kappa shape index (κ3) is 3.79. The van der Waals surface area contributed by atoms with Crippen LogP contribution in [0.5, 0.6) is 0 Å². The summed E-state index contributed by atoms with van der Waals surface area (Å²) in [4.78, 5) is 15.1. The van der Waals surface area contributed by atoms with Gasteiger partial charge in [-0.05, 0) is 23.8 Å². The molecule has 0 spiro atoms. The van der Waals surface area contributed by atoms with Crippen LogP contribution in [0.4, 0.5) is 0 Å². The van der Waals surface area contributed by atoms with Gasteiger partial charge in [0, 0.05) is 29.7 Å². The molecule has 2 aromatic heterocycles. The molecule has 1 aromatic carbocycles. The molecular formula is C19H13N4O2-. The Kier molecular flexibility index (Phi) is 4.67. The lowest BCUT2D eigenvalue weighted by Gasteiger charge is -2.01. The zero-order valence-corrected chi connectivity index (χ0v) is 13.2. The first-order valence-corrected chi connectivity index (χ1v) is 7.52. The van der Waals surface area contributed by atoms with Crippen molar-refractivity contribution in [2.45, 2.75) is 6.54 Å². The van der Waals surface area contributed by atoms with Gasteiger partial charge in [-0.25, -0.2) is 0 Å². The van der Waals surface area contributed by atoms with Crippen molar-refractivity contribution < 1.29 is 9.90 Å². The van der Waals surface area contributed by atoms with Crippen molar-refractivity contribution in [1.29, 1.82) is 5.26 Å². The van der Waals surface area contributed by atoms with E-state index in [-0.39, 0.29) is 0 Å². The van der Waals surface area contributed by atoms with Crippen LogP contribution < -0.4 is 5.11 Å². The summed E-state index contributed by atoms with van der Waals surface area (Å²) in [5.41, 5.74) is 2.40. The van der Waals surface area contributed by atoms with Gasteiger partial charge >= 0.3 is 0 Å². The number of carboxylic acid groups (broad SMARTS) is 1. The number of carbonyl (C=O) groups excluding carboxylic acids is 1. The van der Waals surface area contributed by atoms with Gasteiger partial charge in [0.05, 0.1) is 18.1 Å². The average molecular weight is 329 g/mol. The zero-order chi connectivity index (χ0) is 17.6. The van der Waals surface area contributed by atoms with E-state index in [0.29, 0.717) is 17.8 Å². The fraction of sp³-hybridized carbons (Fsp3) is 0.0526. The van der Waals surface area contributed by atoms with Crippen LogP contribution >= 0.6 is 0 Å². The van der Waals surface area contributed by atoms with Gasteiger partial charge in [0.15, 0.2) is 0 Å². The predicted molar refractivity (Wildman–Crippen MR) is 89.6 cm³/mol. The highest BCUT2D eigenvalue weighted by molar-refractivity contribution is 5.96. The molecule has 25 heavy (non-hydrogen) atoms. The van der Waals surface area contributed by atoms with Crippen molar-refractivity contribution in [3.8, 4) is 17.3 Å². The van der Waals surface area contributed by atoms with Crippen molar-refractivity contribution in [3.63, 3.8) is 0 Å². The molecule has 0 aliphatic rings. The number of nitriles is 1. The topological polar surface area (TPSA) is 94.6 Å². The summed E-state index contributed by atoms with van der Waals surface area (Å²) in [6.45, 7) is 0.523. The van der Waals surface area contributed by atoms with Gasteiger partial charge < -0.3 is 9.90 Å². The average Bonchev–Trinajstić information content (AvgIpc) is 3.03. The standard InChI is InChI=1S/C19H14N4O2/c20-10-16(19(24)25)9-17-13-23(12-14-5-2-1-3-6-14)22-18(17)15-7-4-8-21-11-15/h1-9,11,13H,12H2,(H,24,25)/p-1/b16-9+. The number of hydrogen-bond donors (Lipinski definition) is 0. The number of benzene rings is 1. The number of carboxylic acids is 1. The molecule has 2 heterocycles. The number of rotatable bonds is 5. The first-order chi connectivity index (χ1) is 12.2. The fourth-order valence-electron chi connectivity index (χ4n) is 2.41. The van der Waals surface area contributed by atoms with Gasteiger partial charge in [-0.3, -0.25) is 9.67 Å². The van der Waals surface area contributed by atoms with Gasteiger partial charge in [0.1, 0.15) is 11.8 Å². The lowest BCUT2D eigenvalue weighted by atomic mass is 10.1. The molecule has 0 fully saturated rings. The quantitative estimate of drug-likeness (QED) is 0.524. The van der Waals surface area contributed by atoms with Crippen LogP contribution in [0.2, 0.25) is 0 Å². The minimum Gasteiger partial charge on any atom is -0.544 e. The van der Waals surface area contributed by atoms with E-state index in [1.165, 1.54) is 6.08 Å². The van der Waals surface area contributed by atoms with E-state index in [0.717, 1.165) is 11.1 Å². The molecule has 0 saturated heterocycles. The Bertz CT molecular complexity index is 954. The Morgan fingerprint density at radius 2 is 2.04 bits per heavy atom. The minimum atomic E-state index is -1.52. The Morgan fingerprint density at radius 1 is 1.24 bits per heavy atom. The Morgan fingerprint density at radius 3 is 2.68 bits per heavy atom. The molecule has 0 unspecified atom stereocenters. The lowest BCUT2D eigenvalue weighted by Crippen LogP contribution is -2.23. The second-order valence-electron chi connectivity index (χ2n) is 5.32. The highest BCUT2D eigenvalue weighted by Gasteiger charge is 2.11. The van der Waals surface area contributed by atoms with Crippen LogP contribution in [-0.4, -0.2) is 20.7 Å². The Hall–Kier alpha value is -3.72. The molecule has 6 nitrogen and oxygen atoms in total. The summed E-state index contributed by atoms with van der Waals surface area (Å²) in [6.07, 6.45) is 6.25. The van der Waals surface area contributed by atoms with Crippen LogP contribution in [0, 0.1) is 11.3 Å². The van der Waals surface area contributed by atoms with Crippen LogP contribution in [-0.2, 0) is 11.3 Å². The summed E-state index contributed by atoms with van der Waals surface area (Å²) < 4.78 is 1.70. The van der Waals surface area contributed by atoms with Crippen molar-refractivity contribution >= 4 is 12.0 Å². The predicted octanol–water partition coefficient (Wildman–Crippen LogP) is 1.65. The van der Waals surface area contributed by atoms with E-state index in [1.807, 2.05) is 36.4 Å². The van der Waals surface area contributed by atoms with E-state index >= 15 is 0 Å². The number of aliphatic carboxylic acids is 1. The van der Waals surface area contributed by atoms with Gasteiger partial charge in [0.25, 0.3) is 0 Å². The van der Waals surface area contributed by atoms with Crippen LogP contribution in [0.3, 0.4) is 0 Å². The summed E-state index contributed by atoms with van der Waals surface area (Å²) in [5.74, 6) is -1.52. The van der Waals surface area contributed by atoms with Crippen molar-refractivity contribution in [3.05, 3.63) is 77.8 Å². The molecule has 0 bridgehead atoms. The SMILES string of the molecule is N#C/C(=C\c1cn(Cc2ccccc2)nc1-c1cccnc1)C(=O)[O-]. The maximum atomic E-state index is 11.0. The Labute approximate surface area is 144 Å². The molecule has 6 heteroatoms. The molecule has 3 rings (SSSR count). The molecule has 3 aromatic rings. The first kappa shape index (κ1) is 16.1. The molecule has 0 saturated carbocycles. The largest absolute Gasteiger partial charge is 0.544 e. The number of nitrogens with zero attached hydrogens (tertiary/aromatic N) is 4. The van der Waals surface area contributed by atoms with E-state index in [4.69, 9.17) is 5.26 Å². The second kappa shape index (κ2) is 7.23. The first-order valence-electron chi connectivity index (χ1n) is 7.52. The highest BCUT2D eigenvalue weighted by atomic mass is 16.4. The van der Waals surface area contributed by atoms with Gasteiger partial charge in [-0.2, -0.15) is 10.4 Å². The van der Waals surface area contributed by atoms with Gasteiger partial charge in [-0.1, -0.05) is 30.3 Å². The lowest BCUT2D eigenvalue weighted by molar-refractivity contribution is -0.298. The van der Waals surface area contributed by atoms with Crippen LogP contribution in [0.15, 0.2) is 66.6 Å². The molecule has 0 aliphatic heterocycles.